The summed E-state index contributed by atoms with van der Waals surface area (Å²) in [4.78, 5) is 22.6. The number of aliphatic imine (C=N–C) groups is 1. The van der Waals surface area contributed by atoms with Crippen LogP contribution in [0, 0.1) is 0 Å². The highest BCUT2D eigenvalue weighted by molar-refractivity contribution is 8.13. The highest BCUT2D eigenvalue weighted by atomic mass is 32.2. The molecular formula is C14H13N3OS2. The van der Waals surface area contributed by atoms with Gasteiger partial charge in [-0.25, -0.2) is 9.98 Å². The number of likely N-dealkylation sites (N-methyl/N-ethyl adjacent to an activating group) is 1. The molecule has 20 heavy (non-hydrogen) atoms. The molecule has 0 fully saturated rings. The van der Waals surface area contributed by atoms with Gasteiger partial charge in [-0.05, 0) is 37.0 Å². The molecule has 0 radical (unpaired) electrons. The van der Waals surface area contributed by atoms with Crippen molar-refractivity contribution in [3.05, 3.63) is 35.0 Å². The number of nitrogens with zero attached hydrogens (tertiary/aromatic N) is 3. The number of aromatic nitrogens is 1. The zero-order valence-electron chi connectivity index (χ0n) is 11.2. The normalized spacial score (nSPS) is 17.3. The molecule has 0 saturated carbocycles. The second-order valence-corrected chi connectivity index (χ2v) is 5.92. The second-order valence-electron chi connectivity index (χ2n) is 4.26. The summed E-state index contributed by atoms with van der Waals surface area (Å²) < 4.78 is 1.12. The van der Waals surface area contributed by atoms with Gasteiger partial charge in [-0.1, -0.05) is 17.8 Å². The summed E-state index contributed by atoms with van der Waals surface area (Å²) in [5, 5.41) is 0.766. The number of carbonyl (C=O) groups excluding carboxylic acids is 1. The monoisotopic (exact) mass is 303 g/mol. The van der Waals surface area contributed by atoms with Crippen LogP contribution in [0.4, 0.5) is 0 Å². The van der Waals surface area contributed by atoms with Crippen molar-refractivity contribution < 1.29 is 4.79 Å². The molecule has 3 rings (SSSR count). The molecule has 2 aromatic rings. The van der Waals surface area contributed by atoms with Crippen LogP contribution in [0.25, 0.3) is 16.3 Å². The van der Waals surface area contributed by atoms with E-state index >= 15 is 0 Å². The van der Waals surface area contributed by atoms with Gasteiger partial charge >= 0.3 is 0 Å². The fourth-order valence-corrected chi connectivity index (χ4v) is 3.43. The standard InChI is InChI=1S/C14H13N3OS2/c1-3-17-13(18)11(16-14(17)19-2)6-9-4-5-10-12(7-9)20-8-15-10/h4-8H,3H2,1-2H3/b11-6-. The average molecular weight is 303 g/mol. The Hall–Kier alpha value is -1.66. The van der Waals surface area contributed by atoms with Crippen LogP contribution in [0.15, 0.2) is 34.4 Å². The van der Waals surface area contributed by atoms with Crippen molar-refractivity contribution in [2.75, 3.05) is 12.8 Å². The van der Waals surface area contributed by atoms with E-state index in [4.69, 9.17) is 0 Å². The van der Waals surface area contributed by atoms with Crippen molar-refractivity contribution in [2.24, 2.45) is 4.99 Å². The Bertz CT molecular complexity index is 733. The van der Waals surface area contributed by atoms with Crippen LogP contribution in [-0.2, 0) is 4.79 Å². The molecule has 102 valence electrons. The van der Waals surface area contributed by atoms with Gasteiger partial charge in [-0.15, -0.1) is 11.3 Å². The summed E-state index contributed by atoms with van der Waals surface area (Å²) in [5.41, 5.74) is 4.29. The Morgan fingerprint density at radius 3 is 3.00 bits per heavy atom. The minimum absolute atomic E-state index is 0.0266. The van der Waals surface area contributed by atoms with Crippen molar-refractivity contribution in [2.45, 2.75) is 6.92 Å². The van der Waals surface area contributed by atoms with Crippen LogP contribution in [0.1, 0.15) is 12.5 Å². The van der Waals surface area contributed by atoms with Crippen molar-refractivity contribution in [1.82, 2.24) is 9.88 Å². The number of thiazole rings is 1. The van der Waals surface area contributed by atoms with Gasteiger partial charge < -0.3 is 0 Å². The first-order valence-electron chi connectivity index (χ1n) is 6.22. The molecule has 1 amide bonds. The van der Waals surface area contributed by atoms with Crippen LogP contribution in [0.3, 0.4) is 0 Å². The maximum Gasteiger partial charge on any atom is 0.278 e. The van der Waals surface area contributed by atoms with E-state index in [1.54, 1.807) is 16.2 Å². The van der Waals surface area contributed by atoms with E-state index in [-0.39, 0.29) is 5.91 Å². The van der Waals surface area contributed by atoms with Crippen molar-refractivity contribution in [3.63, 3.8) is 0 Å². The molecule has 0 saturated heterocycles. The second kappa shape index (κ2) is 5.38. The molecular weight excluding hydrogens is 290 g/mol. The van der Waals surface area contributed by atoms with Gasteiger partial charge in [0.25, 0.3) is 5.91 Å². The predicted octanol–water partition coefficient (Wildman–Crippen LogP) is 3.22. The lowest BCUT2D eigenvalue weighted by Crippen LogP contribution is -2.29. The van der Waals surface area contributed by atoms with E-state index < -0.39 is 0 Å². The average Bonchev–Trinajstić information content (AvgIpc) is 3.03. The van der Waals surface area contributed by atoms with Crippen LogP contribution in [0.5, 0.6) is 0 Å². The molecule has 1 aromatic carbocycles. The fourth-order valence-electron chi connectivity index (χ4n) is 2.08. The fraction of sp³-hybridized carbons (Fsp3) is 0.214. The van der Waals surface area contributed by atoms with Crippen LogP contribution >= 0.6 is 23.1 Å². The van der Waals surface area contributed by atoms with E-state index in [2.05, 4.69) is 9.98 Å². The molecule has 0 aliphatic carbocycles. The number of hydrogen-bond acceptors (Lipinski definition) is 5. The van der Waals surface area contributed by atoms with Gasteiger partial charge in [-0.2, -0.15) is 0 Å². The van der Waals surface area contributed by atoms with E-state index in [9.17, 15) is 4.79 Å². The molecule has 0 atom stereocenters. The summed E-state index contributed by atoms with van der Waals surface area (Å²) in [6, 6.07) is 5.97. The predicted molar refractivity (Wildman–Crippen MR) is 85.9 cm³/mol. The van der Waals surface area contributed by atoms with Crippen LogP contribution < -0.4 is 0 Å². The summed E-state index contributed by atoms with van der Waals surface area (Å²) >= 11 is 3.09. The van der Waals surface area contributed by atoms with Gasteiger partial charge in [0, 0.05) is 6.54 Å². The number of benzene rings is 1. The Balaban J connectivity index is 1.99. The Labute approximate surface area is 125 Å². The smallest absolute Gasteiger partial charge is 0.278 e. The SMILES string of the molecule is CCN1C(=O)/C(=C/c2ccc3ncsc3c2)N=C1SC. The quantitative estimate of drug-likeness (QED) is 0.800. The van der Waals surface area contributed by atoms with Gasteiger partial charge in [-0.3, -0.25) is 9.69 Å². The number of fused-ring (bicyclic) bond motifs is 1. The lowest BCUT2D eigenvalue weighted by Gasteiger charge is -2.12. The molecule has 2 heterocycles. The van der Waals surface area contributed by atoms with Gasteiger partial charge in [0.2, 0.25) is 0 Å². The van der Waals surface area contributed by atoms with Gasteiger partial charge in [0.15, 0.2) is 5.17 Å². The lowest BCUT2D eigenvalue weighted by molar-refractivity contribution is -0.122. The summed E-state index contributed by atoms with van der Waals surface area (Å²) in [6.45, 7) is 2.60. The van der Waals surface area contributed by atoms with Crippen molar-refractivity contribution >= 4 is 50.5 Å². The molecule has 4 nitrogen and oxygen atoms in total. The van der Waals surface area contributed by atoms with Crippen LogP contribution in [0.2, 0.25) is 0 Å². The molecule has 6 heteroatoms. The Morgan fingerprint density at radius 2 is 2.30 bits per heavy atom. The third kappa shape index (κ3) is 2.25. The number of rotatable bonds is 2. The molecule has 0 bridgehead atoms. The first kappa shape index (κ1) is 13.3. The van der Waals surface area contributed by atoms with E-state index in [1.165, 1.54) is 11.8 Å². The minimum atomic E-state index is -0.0266. The largest absolute Gasteiger partial charge is 0.286 e. The Kier molecular flexibility index (Phi) is 3.58. The molecule has 0 unspecified atom stereocenters. The molecule has 1 aliphatic rings. The highest BCUT2D eigenvalue weighted by Gasteiger charge is 2.28. The van der Waals surface area contributed by atoms with Crippen molar-refractivity contribution in [3.8, 4) is 0 Å². The number of thioether (sulfide) groups is 1. The Morgan fingerprint density at radius 1 is 1.45 bits per heavy atom. The first-order chi connectivity index (χ1) is 9.72. The number of amidine groups is 1. The van der Waals surface area contributed by atoms with Crippen LogP contribution in [-0.4, -0.2) is 33.8 Å². The minimum Gasteiger partial charge on any atom is -0.286 e. The first-order valence-corrected chi connectivity index (χ1v) is 8.33. The zero-order chi connectivity index (χ0) is 14.1. The maximum atomic E-state index is 12.2. The van der Waals surface area contributed by atoms with E-state index in [1.807, 2.05) is 43.0 Å². The molecule has 0 spiro atoms. The summed E-state index contributed by atoms with van der Waals surface area (Å²) in [6.07, 6.45) is 3.77. The lowest BCUT2D eigenvalue weighted by atomic mass is 10.2. The van der Waals surface area contributed by atoms with Gasteiger partial charge in [0.1, 0.15) is 5.70 Å². The van der Waals surface area contributed by atoms with Gasteiger partial charge in [0.05, 0.1) is 15.7 Å². The third-order valence-electron chi connectivity index (χ3n) is 3.07. The molecule has 1 aromatic heterocycles. The van der Waals surface area contributed by atoms with E-state index in [0.29, 0.717) is 12.2 Å². The highest BCUT2D eigenvalue weighted by Crippen LogP contribution is 2.24. The zero-order valence-corrected chi connectivity index (χ0v) is 12.8. The summed E-state index contributed by atoms with van der Waals surface area (Å²) in [5.74, 6) is -0.0266. The number of carbonyl (C=O) groups is 1. The topological polar surface area (TPSA) is 45.6 Å². The van der Waals surface area contributed by atoms with Crippen molar-refractivity contribution in [1.29, 1.82) is 0 Å². The molecule has 0 N–H and O–H groups in total. The number of amides is 1. The molecule has 1 aliphatic heterocycles. The van der Waals surface area contributed by atoms with E-state index in [0.717, 1.165) is 20.9 Å². The third-order valence-corrected chi connectivity index (χ3v) is 4.54. The maximum absolute atomic E-state index is 12.2. The summed E-state index contributed by atoms with van der Waals surface area (Å²) in [7, 11) is 0. The number of hydrogen-bond donors (Lipinski definition) is 0.